The van der Waals surface area contributed by atoms with Crippen molar-refractivity contribution in [1.29, 1.82) is 0 Å². The highest BCUT2D eigenvalue weighted by atomic mass is 35.5. The van der Waals surface area contributed by atoms with E-state index in [1.807, 2.05) is 36.4 Å². The summed E-state index contributed by atoms with van der Waals surface area (Å²) in [6, 6.07) is 23.4. The SMILES string of the molecule is Cl.NC(N)=NCc1cccc(C(=O)Nc2nc3ccc(-c4ccccc4)cc3s2)c1. The molecule has 0 bridgehead atoms. The number of fused-ring (bicyclic) bond motifs is 1. The quantitative estimate of drug-likeness (QED) is 0.317. The zero-order valence-corrected chi connectivity index (χ0v) is 17.5. The summed E-state index contributed by atoms with van der Waals surface area (Å²) in [5.74, 6) is -0.205. The van der Waals surface area contributed by atoms with Crippen molar-refractivity contribution in [3.8, 4) is 11.1 Å². The van der Waals surface area contributed by atoms with Crippen molar-refractivity contribution in [1.82, 2.24) is 4.98 Å². The van der Waals surface area contributed by atoms with Crippen molar-refractivity contribution in [2.45, 2.75) is 6.54 Å². The van der Waals surface area contributed by atoms with Crippen LogP contribution >= 0.6 is 23.7 Å². The van der Waals surface area contributed by atoms with Crippen LogP contribution in [0.25, 0.3) is 21.3 Å². The molecule has 0 radical (unpaired) electrons. The minimum atomic E-state index is -0.223. The summed E-state index contributed by atoms with van der Waals surface area (Å²) in [5, 5.41) is 3.44. The predicted octanol–water partition coefficient (Wildman–Crippen LogP) is 4.41. The normalized spacial score (nSPS) is 10.3. The number of nitrogens with zero attached hydrogens (tertiary/aromatic N) is 2. The molecule has 0 unspecified atom stereocenters. The van der Waals surface area contributed by atoms with Gasteiger partial charge in [0.25, 0.3) is 5.91 Å². The van der Waals surface area contributed by atoms with Crippen LogP contribution in [0.15, 0.2) is 77.8 Å². The van der Waals surface area contributed by atoms with Gasteiger partial charge in [-0.2, -0.15) is 0 Å². The minimum Gasteiger partial charge on any atom is -0.370 e. The highest BCUT2D eigenvalue weighted by molar-refractivity contribution is 7.22. The van der Waals surface area contributed by atoms with Crippen molar-refractivity contribution in [2.75, 3.05) is 5.32 Å². The van der Waals surface area contributed by atoms with E-state index < -0.39 is 0 Å². The highest BCUT2D eigenvalue weighted by Gasteiger charge is 2.11. The number of thiazole rings is 1. The fourth-order valence-electron chi connectivity index (χ4n) is 2.95. The highest BCUT2D eigenvalue weighted by Crippen LogP contribution is 2.30. The van der Waals surface area contributed by atoms with Crippen LogP contribution in [-0.4, -0.2) is 16.9 Å². The van der Waals surface area contributed by atoms with Gasteiger partial charge < -0.3 is 11.5 Å². The molecule has 0 spiro atoms. The van der Waals surface area contributed by atoms with Crippen LogP contribution in [0.2, 0.25) is 0 Å². The van der Waals surface area contributed by atoms with E-state index in [0.29, 0.717) is 17.2 Å². The average Bonchev–Trinajstić information content (AvgIpc) is 3.14. The number of aliphatic imine (C=N–C) groups is 1. The summed E-state index contributed by atoms with van der Waals surface area (Å²) in [5.41, 5.74) is 15.2. The van der Waals surface area contributed by atoms with Crippen molar-refractivity contribution in [3.05, 3.63) is 83.9 Å². The van der Waals surface area contributed by atoms with E-state index in [1.165, 1.54) is 11.3 Å². The zero-order chi connectivity index (χ0) is 20.2. The fraction of sp³-hybridized carbons (Fsp3) is 0.0455. The maximum atomic E-state index is 12.6. The van der Waals surface area contributed by atoms with Gasteiger partial charge >= 0.3 is 0 Å². The number of benzene rings is 3. The molecule has 6 nitrogen and oxygen atoms in total. The third-order valence-electron chi connectivity index (χ3n) is 4.35. The summed E-state index contributed by atoms with van der Waals surface area (Å²) < 4.78 is 1.02. The van der Waals surface area contributed by atoms with Crippen LogP contribution in [0.4, 0.5) is 5.13 Å². The number of carbonyl (C=O) groups excluding carboxylic acids is 1. The second kappa shape index (κ2) is 9.39. The molecule has 0 aliphatic carbocycles. The Labute approximate surface area is 184 Å². The summed E-state index contributed by atoms with van der Waals surface area (Å²) in [6.45, 7) is 0.326. The molecule has 0 aliphatic heterocycles. The van der Waals surface area contributed by atoms with E-state index in [9.17, 15) is 4.79 Å². The van der Waals surface area contributed by atoms with Gasteiger partial charge in [-0.3, -0.25) is 10.1 Å². The number of amides is 1. The van der Waals surface area contributed by atoms with Crippen molar-refractivity contribution in [2.24, 2.45) is 16.5 Å². The number of nitrogens with one attached hydrogen (secondary N) is 1. The molecular weight excluding hydrogens is 418 g/mol. The predicted molar refractivity (Wildman–Crippen MR) is 126 cm³/mol. The lowest BCUT2D eigenvalue weighted by molar-refractivity contribution is 0.102. The Morgan fingerprint density at radius 2 is 1.77 bits per heavy atom. The first-order chi connectivity index (χ1) is 14.1. The van der Waals surface area contributed by atoms with E-state index in [4.69, 9.17) is 11.5 Å². The van der Waals surface area contributed by atoms with Crippen LogP contribution < -0.4 is 16.8 Å². The van der Waals surface area contributed by atoms with Crippen LogP contribution in [0.5, 0.6) is 0 Å². The molecular formula is C22H20ClN5OS. The number of aromatic nitrogens is 1. The van der Waals surface area contributed by atoms with Crippen LogP contribution in [-0.2, 0) is 6.54 Å². The largest absolute Gasteiger partial charge is 0.370 e. The Kier molecular flexibility index (Phi) is 6.66. The smallest absolute Gasteiger partial charge is 0.257 e. The second-order valence-electron chi connectivity index (χ2n) is 6.46. The van der Waals surface area contributed by atoms with Crippen LogP contribution in [0.1, 0.15) is 15.9 Å². The number of carbonyl (C=O) groups is 1. The van der Waals surface area contributed by atoms with Crippen molar-refractivity contribution >= 4 is 51.0 Å². The molecule has 4 aromatic rings. The Bertz CT molecular complexity index is 1200. The van der Waals surface area contributed by atoms with Crippen LogP contribution in [0.3, 0.4) is 0 Å². The maximum absolute atomic E-state index is 12.6. The molecule has 0 saturated carbocycles. The van der Waals surface area contributed by atoms with Crippen LogP contribution in [0, 0.1) is 0 Å². The zero-order valence-electron chi connectivity index (χ0n) is 15.9. The first-order valence-corrected chi connectivity index (χ1v) is 9.82. The van der Waals surface area contributed by atoms with E-state index in [2.05, 4.69) is 33.5 Å². The number of halogens is 1. The standard InChI is InChI=1S/C22H19N5OS.ClH/c23-21(24)25-13-14-5-4-8-17(11-14)20(28)27-22-26-18-10-9-16(12-19(18)29-22)15-6-2-1-3-7-15;/h1-12H,13H2,(H4,23,24,25)(H,26,27,28);1H. The molecule has 0 fully saturated rings. The topological polar surface area (TPSA) is 106 Å². The van der Waals surface area contributed by atoms with Gasteiger partial charge in [-0.25, -0.2) is 9.98 Å². The van der Waals surface area contributed by atoms with Gasteiger partial charge in [0.2, 0.25) is 0 Å². The number of guanidine groups is 1. The lowest BCUT2D eigenvalue weighted by Crippen LogP contribution is -2.22. The summed E-state index contributed by atoms with van der Waals surface area (Å²) >= 11 is 1.45. The molecule has 4 rings (SSSR count). The first kappa shape index (κ1) is 21.3. The monoisotopic (exact) mass is 437 g/mol. The molecule has 0 aliphatic rings. The van der Waals surface area contributed by atoms with Gasteiger partial charge in [-0.15, -0.1) is 12.4 Å². The van der Waals surface area contributed by atoms with Gasteiger partial charge in [-0.1, -0.05) is 59.9 Å². The lowest BCUT2D eigenvalue weighted by Gasteiger charge is -2.04. The number of hydrogen-bond acceptors (Lipinski definition) is 4. The minimum absolute atomic E-state index is 0. The van der Waals surface area contributed by atoms with Crippen molar-refractivity contribution < 1.29 is 4.79 Å². The molecule has 8 heteroatoms. The Balaban J connectivity index is 0.00000256. The number of rotatable bonds is 5. The first-order valence-electron chi connectivity index (χ1n) is 9.00. The van der Waals surface area contributed by atoms with Gasteiger partial charge in [0.05, 0.1) is 16.8 Å². The summed E-state index contributed by atoms with van der Waals surface area (Å²) in [7, 11) is 0. The number of hydrogen-bond donors (Lipinski definition) is 3. The molecule has 5 N–H and O–H groups in total. The Hall–Kier alpha value is -3.42. The fourth-order valence-corrected chi connectivity index (χ4v) is 3.85. The molecule has 1 aromatic heterocycles. The van der Waals surface area contributed by atoms with Gasteiger partial charge in [0, 0.05) is 5.56 Å². The third kappa shape index (κ3) is 4.94. The van der Waals surface area contributed by atoms with Crippen molar-refractivity contribution in [3.63, 3.8) is 0 Å². The maximum Gasteiger partial charge on any atom is 0.257 e. The van der Waals surface area contributed by atoms with E-state index in [1.54, 1.807) is 18.2 Å². The second-order valence-corrected chi connectivity index (χ2v) is 7.49. The summed E-state index contributed by atoms with van der Waals surface area (Å²) in [6.07, 6.45) is 0. The number of nitrogens with two attached hydrogens (primary N) is 2. The average molecular weight is 438 g/mol. The van der Waals surface area contributed by atoms with Gasteiger partial charge in [0.1, 0.15) is 0 Å². The van der Waals surface area contributed by atoms with Gasteiger partial charge in [-0.05, 0) is 41.0 Å². The number of anilines is 1. The molecule has 0 saturated heterocycles. The molecule has 1 heterocycles. The molecule has 3 aromatic carbocycles. The van der Waals surface area contributed by atoms with E-state index in [-0.39, 0.29) is 24.3 Å². The third-order valence-corrected chi connectivity index (χ3v) is 5.28. The molecule has 152 valence electrons. The van der Waals surface area contributed by atoms with E-state index >= 15 is 0 Å². The Morgan fingerprint density at radius 1 is 0.967 bits per heavy atom. The van der Waals surface area contributed by atoms with E-state index in [0.717, 1.165) is 26.9 Å². The molecule has 30 heavy (non-hydrogen) atoms. The Morgan fingerprint density at radius 3 is 2.53 bits per heavy atom. The lowest BCUT2D eigenvalue weighted by atomic mass is 10.1. The molecule has 0 atom stereocenters. The molecule has 1 amide bonds. The summed E-state index contributed by atoms with van der Waals surface area (Å²) in [4.78, 5) is 21.1. The van der Waals surface area contributed by atoms with Gasteiger partial charge in [0.15, 0.2) is 11.1 Å².